The van der Waals surface area contributed by atoms with E-state index in [-0.39, 0.29) is 25.2 Å². The second-order valence-corrected chi connectivity index (χ2v) is 5.77. The predicted molar refractivity (Wildman–Crippen MR) is 81.9 cm³/mol. The summed E-state index contributed by atoms with van der Waals surface area (Å²) in [5.74, 6) is -2.13. The zero-order chi connectivity index (χ0) is 17.2. The molecule has 2 aromatic rings. The van der Waals surface area contributed by atoms with Crippen molar-refractivity contribution < 1.29 is 18.3 Å². The first-order chi connectivity index (χ1) is 11.4. The average molecular weight is 334 g/mol. The maximum absolute atomic E-state index is 12.9. The molecule has 0 unspecified atom stereocenters. The molecule has 1 saturated carbocycles. The highest BCUT2D eigenvalue weighted by molar-refractivity contribution is 5.91. The van der Waals surface area contributed by atoms with Crippen molar-refractivity contribution in [3.63, 3.8) is 0 Å². The lowest BCUT2D eigenvalue weighted by molar-refractivity contribution is -0.134. The van der Waals surface area contributed by atoms with Crippen LogP contribution >= 0.6 is 0 Å². The van der Waals surface area contributed by atoms with Gasteiger partial charge < -0.3 is 10.1 Å². The maximum Gasteiger partial charge on any atom is 0.255 e. The van der Waals surface area contributed by atoms with Gasteiger partial charge >= 0.3 is 0 Å². The third-order valence-corrected chi connectivity index (χ3v) is 3.52. The van der Waals surface area contributed by atoms with E-state index in [2.05, 4.69) is 20.5 Å². The molecule has 1 amide bonds. The number of nitrogens with one attached hydrogen (secondary N) is 1. The van der Waals surface area contributed by atoms with Crippen molar-refractivity contribution in [2.75, 3.05) is 5.32 Å². The molecule has 3 rings (SSSR count). The number of nitrogens with zero attached hydrogens (tertiary/aromatic N) is 3. The van der Waals surface area contributed by atoms with Crippen molar-refractivity contribution in [1.29, 1.82) is 0 Å². The minimum Gasteiger partial charge on any atom is -0.490 e. The Morgan fingerprint density at radius 3 is 2.88 bits per heavy atom. The van der Waals surface area contributed by atoms with Gasteiger partial charge in [0, 0.05) is 36.9 Å². The van der Waals surface area contributed by atoms with Crippen molar-refractivity contribution in [1.82, 2.24) is 15.2 Å². The first kappa shape index (κ1) is 16.2. The van der Waals surface area contributed by atoms with Crippen LogP contribution in [0.15, 0.2) is 30.5 Å². The molecule has 0 radical (unpaired) electrons. The summed E-state index contributed by atoms with van der Waals surface area (Å²) < 4.78 is 31.3. The van der Waals surface area contributed by atoms with Gasteiger partial charge in [-0.3, -0.25) is 9.78 Å². The van der Waals surface area contributed by atoms with Gasteiger partial charge in [-0.15, -0.1) is 5.10 Å². The van der Waals surface area contributed by atoms with Crippen LogP contribution in [0, 0.1) is 6.92 Å². The van der Waals surface area contributed by atoms with E-state index in [9.17, 15) is 13.6 Å². The third-order valence-electron chi connectivity index (χ3n) is 3.52. The lowest BCUT2D eigenvalue weighted by atomic mass is 9.91. The smallest absolute Gasteiger partial charge is 0.255 e. The summed E-state index contributed by atoms with van der Waals surface area (Å²) in [4.78, 5) is 16.3. The van der Waals surface area contributed by atoms with E-state index in [4.69, 9.17) is 4.74 Å². The maximum atomic E-state index is 12.9. The highest BCUT2D eigenvalue weighted by atomic mass is 19.3. The number of halogens is 2. The summed E-state index contributed by atoms with van der Waals surface area (Å²) >= 11 is 0. The summed E-state index contributed by atoms with van der Waals surface area (Å²) in [5, 5.41) is 10.1. The largest absolute Gasteiger partial charge is 0.490 e. The quantitative estimate of drug-likeness (QED) is 0.909. The van der Waals surface area contributed by atoms with E-state index < -0.39 is 12.0 Å². The van der Waals surface area contributed by atoms with Crippen LogP contribution in [0.5, 0.6) is 5.75 Å². The van der Waals surface area contributed by atoms with Gasteiger partial charge in [-0.1, -0.05) is 0 Å². The number of ether oxygens (including phenoxy) is 1. The summed E-state index contributed by atoms with van der Waals surface area (Å²) in [5.41, 5.74) is 1.15. The van der Waals surface area contributed by atoms with E-state index >= 15 is 0 Å². The Morgan fingerprint density at radius 1 is 1.42 bits per heavy atom. The Kier molecular flexibility index (Phi) is 4.37. The minimum atomic E-state index is -2.63. The Balaban J connectivity index is 1.62. The number of anilines is 1. The number of hydrogen-bond donors (Lipinski definition) is 1. The number of aromatic nitrogens is 3. The molecule has 0 spiro atoms. The van der Waals surface area contributed by atoms with Gasteiger partial charge in [-0.05, 0) is 19.1 Å². The van der Waals surface area contributed by atoms with Crippen molar-refractivity contribution >= 4 is 11.7 Å². The van der Waals surface area contributed by atoms with Crippen molar-refractivity contribution in [3.8, 4) is 5.75 Å². The van der Waals surface area contributed by atoms with Gasteiger partial charge in [0.1, 0.15) is 11.9 Å². The van der Waals surface area contributed by atoms with Gasteiger partial charge in [-0.25, -0.2) is 8.78 Å². The molecule has 1 fully saturated rings. The zero-order valence-electron chi connectivity index (χ0n) is 13.0. The van der Waals surface area contributed by atoms with E-state index in [1.807, 2.05) is 0 Å². The van der Waals surface area contributed by atoms with Crippen LogP contribution in [0.2, 0.25) is 0 Å². The first-order valence-corrected chi connectivity index (χ1v) is 7.49. The Hall–Kier alpha value is -2.64. The molecular weight excluding hydrogens is 318 g/mol. The number of carbonyl (C=O) groups excluding carboxylic acids is 1. The summed E-state index contributed by atoms with van der Waals surface area (Å²) in [6, 6.07) is 6.55. The van der Waals surface area contributed by atoms with Gasteiger partial charge in [0.15, 0.2) is 5.82 Å². The van der Waals surface area contributed by atoms with Crippen LogP contribution in [0.4, 0.5) is 14.6 Å². The number of carbonyl (C=O) groups is 1. The molecule has 1 N–H and O–H groups in total. The molecule has 24 heavy (non-hydrogen) atoms. The first-order valence-electron chi connectivity index (χ1n) is 7.49. The van der Waals surface area contributed by atoms with E-state index in [1.54, 1.807) is 31.2 Å². The van der Waals surface area contributed by atoms with Crippen LogP contribution in [-0.4, -0.2) is 33.1 Å². The number of hydrogen-bond acceptors (Lipinski definition) is 5. The molecule has 2 aromatic heterocycles. The lowest BCUT2D eigenvalue weighted by Gasteiger charge is -2.34. The van der Waals surface area contributed by atoms with Crippen LogP contribution < -0.4 is 10.1 Å². The number of pyridine rings is 1. The third kappa shape index (κ3) is 4.21. The van der Waals surface area contributed by atoms with Crippen LogP contribution in [-0.2, 0) is 11.2 Å². The normalized spacial score (nSPS) is 16.3. The second-order valence-electron chi connectivity index (χ2n) is 5.77. The van der Waals surface area contributed by atoms with Crippen molar-refractivity contribution in [2.24, 2.45) is 0 Å². The van der Waals surface area contributed by atoms with Gasteiger partial charge in [0.25, 0.3) is 5.92 Å². The van der Waals surface area contributed by atoms with E-state index in [0.717, 1.165) is 0 Å². The molecule has 8 heteroatoms. The molecule has 1 aliphatic rings. The van der Waals surface area contributed by atoms with Crippen LogP contribution in [0.25, 0.3) is 0 Å². The van der Waals surface area contributed by atoms with Crippen LogP contribution in [0.1, 0.15) is 24.2 Å². The fourth-order valence-electron chi connectivity index (χ4n) is 2.46. The molecular formula is C16H16F2N4O2. The minimum absolute atomic E-state index is 0.0233. The Labute approximate surface area is 137 Å². The number of aryl methyl sites for hydroxylation is 1. The standard InChI is InChI=1S/C16H16F2N4O2/c1-10-5-12(24-13-8-16(17,18)9-13)6-11(20-10)7-15(23)21-14-3-2-4-19-22-14/h2-6,13H,7-9H2,1H3,(H,21,22,23). The average Bonchev–Trinajstić information content (AvgIpc) is 2.45. The second kappa shape index (κ2) is 6.46. The fourth-order valence-corrected chi connectivity index (χ4v) is 2.46. The van der Waals surface area contributed by atoms with Gasteiger partial charge in [-0.2, -0.15) is 5.10 Å². The topological polar surface area (TPSA) is 77.0 Å². The summed E-state index contributed by atoms with van der Waals surface area (Å²) in [7, 11) is 0. The number of alkyl halides is 2. The predicted octanol–water partition coefficient (Wildman–Crippen LogP) is 2.54. The van der Waals surface area contributed by atoms with Crippen molar-refractivity contribution in [2.45, 2.75) is 38.2 Å². The highest BCUT2D eigenvalue weighted by Crippen LogP contribution is 2.39. The molecule has 0 atom stereocenters. The molecule has 126 valence electrons. The molecule has 0 aromatic carbocycles. The van der Waals surface area contributed by atoms with Gasteiger partial charge in [0.05, 0.1) is 12.1 Å². The van der Waals surface area contributed by atoms with E-state index in [0.29, 0.717) is 23.0 Å². The molecule has 0 saturated heterocycles. The van der Waals surface area contributed by atoms with Gasteiger partial charge in [0.2, 0.25) is 5.91 Å². The fraction of sp³-hybridized carbons (Fsp3) is 0.375. The summed E-state index contributed by atoms with van der Waals surface area (Å²) in [6.45, 7) is 1.76. The highest BCUT2D eigenvalue weighted by Gasteiger charge is 2.47. The molecule has 2 heterocycles. The Morgan fingerprint density at radius 2 is 2.21 bits per heavy atom. The number of rotatable bonds is 5. The monoisotopic (exact) mass is 334 g/mol. The summed E-state index contributed by atoms with van der Waals surface area (Å²) in [6.07, 6.45) is 0.470. The molecule has 6 nitrogen and oxygen atoms in total. The van der Waals surface area contributed by atoms with Crippen LogP contribution in [0.3, 0.4) is 0 Å². The molecule has 1 aliphatic carbocycles. The van der Waals surface area contributed by atoms with E-state index in [1.165, 1.54) is 6.20 Å². The number of amides is 1. The molecule has 0 aliphatic heterocycles. The Bertz CT molecular complexity index is 732. The zero-order valence-corrected chi connectivity index (χ0v) is 13.0. The lowest BCUT2D eigenvalue weighted by Crippen LogP contribution is -2.43. The molecule has 0 bridgehead atoms. The van der Waals surface area contributed by atoms with Crippen molar-refractivity contribution in [3.05, 3.63) is 41.9 Å². The SMILES string of the molecule is Cc1cc(OC2CC(F)(F)C2)cc(CC(=O)Nc2cccnn2)n1.